The molecule has 0 radical (unpaired) electrons. The van der Waals surface area contributed by atoms with E-state index in [9.17, 15) is 18.3 Å². The van der Waals surface area contributed by atoms with Gasteiger partial charge in [0.25, 0.3) is 0 Å². The van der Waals surface area contributed by atoms with Crippen molar-refractivity contribution < 1.29 is 18.3 Å². The van der Waals surface area contributed by atoms with E-state index in [0.717, 1.165) is 0 Å². The molecule has 3 nitrogen and oxygen atoms in total. The first kappa shape index (κ1) is 12.4. The quantitative estimate of drug-likeness (QED) is 0.828. The van der Waals surface area contributed by atoms with Crippen LogP contribution in [0, 0.1) is 0 Å². The molecule has 1 heterocycles. The summed E-state index contributed by atoms with van der Waals surface area (Å²) in [7, 11) is 0. The van der Waals surface area contributed by atoms with Crippen LogP contribution in [0.1, 0.15) is 43.3 Å². The van der Waals surface area contributed by atoms with Gasteiger partial charge < -0.3 is 5.11 Å². The zero-order chi connectivity index (χ0) is 12.8. The van der Waals surface area contributed by atoms with Gasteiger partial charge in [0.1, 0.15) is 0 Å². The maximum atomic E-state index is 12.8. The molecule has 96 valence electrons. The summed E-state index contributed by atoms with van der Waals surface area (Å²) in [5, 5.41) is 13.2. The molecule has 0 fully saturated rings. The molecule has 2 rings (SSSR count). The predicted molar refractivity (Wildman–Crippen MR) is 55.6 cm³/mol. The van der Waals surface area contributed by atoms with Crippen LogP contribution < -0.4 is 0 Å². The molecule has 1 aromatic rings. The standard InChI is InChI=1S/C11H15F3N2O/c1-6(2)16-9-5-7(17)3-4-8(9)10(15-16)11(12,13)14/h6-7,17H,3-5H2,1-2H3. The zero-order valence-corrected chi connectivity index (χ0v) is 9.75. The molecule has 6 heteroatoms. The maximum absolute atomic E-state index is 12.8. The Bertz CT molecular complexity index is 423. The predicted octanol–water partition coefficient (Wildman–Crippen LogP) is 2.33. The van der Waals surface area contributed by atoms with Crippen molar-refractivity contribution in [1.29, 1.82) is 0 Å². The number of aliphatic hydroxyl groups excluding tert-OH is 1. The number of halogens is 3. The maximum Gasteiger partial charge on any atom is 0.435 e. The molecule has 0 bridgehead atoms. The van der Waals surface area contributed by atoms with E-state index in [1.54, 1.807) is 13.8 Å². The highest BCUT2D eigenvalue weighted by Gasteiger charge is 2.40. The van der Waals surface area contributed by atoms with Gasteiger partial charge >= 0.3 is 6.18 Å². The fraction of sp³-hybridized carbons (Fsp3) is 0.727. The molecule has 0 amide bonds. The van der Waals surface area contributed by atoms with Crippen LogP contribution in [0.3, 0.4) is 0 Å². The molecule has 1 aromatic heterocycles. The van der Waals surface area contributed by atoms with Gasteiger partial charge in [-0.25, -0.2) is 0 Å². The Morgan fingerprint density at radius 2 is 2.06 bits per heavy atom. The van der Waals surface area contributed by atoms with Crippen molar-refractivity contribution in [2.75, 3.05) is 0 Å². The lowest BCUT2D eigenvalue weighted by Gasteiger charge is -2.20. The lowest BCUT2D eigenvalue weighted by molar-refractivity contribution is -0.142. The first-order valence-electron chi connectivity index (χ1n) is 5.66. The second-order valence-electron chi connectivity index (χ2n) is 4.71. The Labute approximate surface area is 97.2 Å². The summed E-state index contributed by atoms with van der Waals surface area (Å²) in [5.41, 5.74) is 0.00988. The van der Waals surface area contributed by atoms with E-state index in [0.29, 0.717) is 12.1 Å². The van der Waals surface area contributed by atoms with Crippen LogP contribution in [0.4, 0.5) is 13.2 Å². The van der Waals surface area contributed by atoms with E-state index in [-0.39, 0.29) is 24.4 Å². The Hall–Kier alpha value is -1.04. The van der Waals surface area contributed by atoms with Crippen molar-refractivity contribution in [1.82, 2.24) is 9.78 Å². The lowest BCUT2D eigenvalue weighted by atomic mass is 9.93. The van der Waals surface area contributed by atoms with Gasteiger partial charge in [-0.3, -0.25) is 4.68 Å². The first-order chi connectivity index (χ1) is 7.80. The van der Waals surface area contributed by atoms with Crippen LogP contribution in [-0.4, -0.2) is 21.0 Å². The number of aromatic nitrogens is 2. The van der Waals surface area contributed by atoms with Crippen molar-refractivity contribution >= 4 is 0 Å². The summed E-state index contributed by atoms with van der Waals surface area (Å²) in [6.07, 6.45) is -4.08. The largest absolute Gasteiger partial charge is 0.435 e. The van der Waals surface area contributed by atoms with Crippen LogP contribution in [0.2, 0.25) is 0 Å². The summed E-state index contributed by atoms with van der Waals surface area (Å²) < 4.78 is 39.8. The molecule has 1 aliphatic rings. The molecule has 1 atom stereocenters. The van der Waals surface area contributed by atoms with Gasteiger partial charge in [0.15, 0.2) is 5.69 Å². The van der Waals surface area contributed by atoms with Gasteiger partial charge in [0, 0.05) is 23.7 Å². The minimum absolute atomic E-state index is 0.134. The number of rotatable bonds is 1. The van der Waals surface area contributed by atoms with Crippen molar-refractivity contribution in [3.05, 3.63) is 17.0 Å². The van der Waals surface area contributed by atoms with Gasteiger partial charge in [-0.2, -0.15) is 18.3 Å². The van der Waals surface area contributed by atoms with Gasteiger partial charge in [-0.05, 0) is 26.7 Å². The smallest absolute Gasteiger partial charge is 0.393 e. The second kappa shape index (κ2) is 4.01. The third kappa shape index (κ3) is 2.18. The molecular formula is C11H15F3N2O. The van der Waals surface area contributed by atoms with Crippen LogP contribution in [0.15, 0.2) is 0 Å². The molecule has 0 saturated heterocycles. The number of hydrogen-bond acceptors (Lipinski definition) is 2. The van der Waals surface area contributed by atoms with Gasteiger partial charge in [0.05, 0.1) is 6.10 Å². The number of alkyl halides is 3. The van der Waals surface area contributed by atoms with Gasteiger partial charge in [-0.1, -0.05) is 0 Å². The Morgan fingerprint density at radius 1 is 1.41 bits per heavy atom. The van der Waals surface area contributed by atoms with E-state index >= 15 is 0 Å². The molecule has 0 spiro atoms. The summed E-state index contributed by atoms with van der Waals surface area (Å²) >= 11 is 0. The van der Waals surface area contributed by atoms with Gasteiger partial charge in [-0.15, -0.1) is 0 Å². The Balaban J connectivity index is 2.54. The molecule has 1 N–H and O–H groups in total. The normalized spacial score (nSPS) is 20.8. The number of hydrogen-bond donors (Lipinski definition) is 1. The Morgan fingerprint density at radius 3 is 2.59 bits per heavy atom. The molecular weight excluding hydrogens is 233 g/mol. The summed E-state index contributed by atoms with van der Waals surface area (Å²) in [6, 6.07) is -0.134. The number of fused-ring (bicyclic) bond motifs is 1. The molecule has 0 aliphatic heterocycles. The average molecular weight is 248 g/mol. The van der Waals surface area contributed by atoms with Crippen molar-refractivity contribution in [2.45, 2.75) is 51.4 Å². The Kier molecular flexibility index (Phi) is 2.93. The molecule has 1 unspecified atom stereocenters. The van der Waals surface area contributed by atoms with Crippen LogP contribution >= 0.6 is 0 Å². The highest BCUT2D eigenvalue weighted by atomic mass is 19.4. The van der Waals surface area contributed by atoms with E-state index in [4.69, 9.17) is 0 Å². The van der Waals surface area contributed by atoms with Crippen LogP contribution in [-0.2, 0) is 19.0 Å². The monoisotopic (exact) mass is 248 g/mol. The van der Waals surface area contributed by atoms with Crippen LogP contribution in [0.25, 0.3) is 0 Å². The second-order valence-corrected chi connectivity index (χ2v) is 4.71. The highest BCUT2D eigenvalue weighted by molar-refractivity contribution is 5.31. The van der Waals surface area contributed by atoms with E-state index in [1.807, 2.05) is 0 Å². The third-order valence-corrected chi connectivity index (χ3v) is 3.03. The summed E-state index contributed by atoms with van der Waals surface area (Å²) in [5.74, 6) is 0. The van der Waals surface area contributed by atoms with E-state index in [1.165, 1.54) is 4.68 Å². The van der Waals surface area contributed by atoms with E-state index in [2.05, 4.69) is 5.10 Å². The highest BCUT2D eigenvalue weighted by Crippen LogP contribution is 2.36. The average Bonchev–Trinajstić information content (AvgIpc) is 2.55. The van der Waals surface area contributed by atoms with Crippen molar-refractivity contribution in [3.8, 4) is 0 Å². The third-order valence-electron chi connectivity index (χ3n) is 3.03. The number of aliphatic hydroxyl groups is 1. The first-order valence-corrected chi connectivity index (χ1v) is 5.66. The SMILES string of the molecule is CC(C)n1nc(C(F)(F)F)c2c1CC(O)CC2. The summed E-state index contributed by atoms with van der Waals surface area (Å²) in [4.78, 5) is 0. The zero-order valence-electron chi connectivity index (χ0n) is 9.75. The summed E-state index contributed by atoms with van der Waals surface area (Å²) in [6.45, 7) is 3.57. The molecule has 0 saturated carbocycles. The van der Waals surface area contributed by atoms with Crippen molar-refractivity contribution in [2.24, 2.45) is 0 Å². The number of nitrogens with zero attached hydrogens (tertiary/aromatic N) is 2. The minimum atomic E-state index is -4.41. The van der Waals surface area contributed by atoms with Crippen molar-refractivity contribution in [3.63, 3.8) is 0 Å². The molecule has 0 aromatic carbocycles. The van der Waals surface area contributed by atoms with E-state index < -0.39 is 18.0 Å². The fourth-order valence-electron chi connectivity index (χ4n) is 2.27. The fourth-order valence-corrected chi connectivity index (χ4v) is 2.27. The topological polar surface area (TPSA) is 38.0 Å². The van der Waals surface area contributed by atoms with Crippen LogP contribution in [0.5, 0.6) is 0 Å². The lowest BCUT2D eigenvalue weighted by Crippen LogP contribution is -2.22. The molecule has 1 aliphatic carbocycles. The van der Waals surface area contributed by atoms with Gasteiger partial charge in [0.2, 0.25) is 0 Å². The molecule has 17 heavy (non-hydrogen) atoms. The minimum Gasteiger partial charge on any atom is -0.393 e.